The molecule has 0 bridgehead atoms. The molecule has 0 aromatic carbocycles. The second-order valence-corrected chi connectivity index (χ2v) is 2.85. The molecule has 0 unspecified atom stereocenters. The van der Waals surface area contributed by atoms with Gasteiger partial charge in [-0.25, -0.2) is 4.98 Å². The summed E-state index contributed by atoms with van der Waals surface area (Å²) >= 11 is 0. The van der Waals surface area contributed by atoms with Crippen LogP contribution in [0.15, 0.2) is 18.5 Å². The van der Waals surface area contributed by atoms with Crippen LogP contribution in [0.3, 0.4) is 0 Å². The molecule has 0 atom stereocenters. The molecule has 4 nitrogen and oxygen atoms in total. The van der Waals surface area contributed by atoms with Gasteiger partial charge in [0.2, 0.25) is 0 Å². The van der Waals surface area contributed by atoms with Crippen molar-refractivity contribution in [1.29, 1.82) is 0 Å². The number of fused-ring (bicyclic) bond motifs is 1. The minimum atomic E-state index is 0.613. The first-order valence-electron chi connectivity index (χ1n) is 4.33. The second-order valence-electron chi connectivity index (χ2n) is 2.85. The monoisotopic (exact) mass is 174 g/mol. The molecule has 0 aliphatic carbocycles. The van der Waals surface area contributed by atoms with Crippen molar-refractivity contribution in [1.82, 2.24) is 20.2 Å². The Morgan fingerprint density at radius 2 is 2.00 bits per heavy atom. The van der Waals surface area contributed by atoms with E-state index in [4.69, 9.17) is 0 Å². The van der Waals surface area contributed by atoms with Crippen LogP contribution in [0, 0.1) is 0 Å². The van der Waals surface area contributed by atoms with Gasteiger partial charge in [0, 0.05) is 12.4 Å². The highest BCUT2D eigenvalue weighted by Gasteiger charge is 1.99. The van der Waals surface area contributed by atoms with E-state index < -0.39 is 0 Å². The van der Waals surface area contributed by atoms with Gasteiger partial charge in [0.25, 0.3) is 0 Å². The number of aryl methyl sites for hydroxylation is 1. The van der Waals surface area contributed by atoms with Gasteiger partial charge in [0.05, 0.1) is 5.69 Å². The largest absolute Gasteiger partial charge is 0.251 e. The maximum absolute atomic E-state index is 4.16. The minimum Gasteiger partial charge on any atom is -0.251 e. The van der Waals surface area contributed by atoms with Crippen molar-refractivity contribution in [2.45, 2.75) is 19.8 Å². The fraction of sp³-hybridized carbons (Fsp3) is 0.333. The van der Waals surface area contributed by atoms with Crippen molar-refractivity contribution in [3.8, 4) is 0 Å². The van der Waals surface area contributed by atoms with Crippen LogP contribution in [-0.4, -0.2) is 20.2 Å². The van der Waals surface area contributed by atoms with E-state index in [9.17, 15) is 0 Å². The number of hydrogen-bond donors (Lipinski definition) is 0. The lowest BCUT2D eigenvalue weighted by Gasteiger charge is -1.97. The zero-order chi connectivity index (χ0) is 9.10. The number of nitrogens with zero attached hydrogens (tertiary/aromatic N) is 4. The topological polar surface area (TPSA) is 51.6 Å². The first-order chi connectivity index (χ1) is 6.40. The van der Waals surface area contributed by atoms with E-state index in [0.29, 0.717) is 5.65 Å². The van der Waals surface area contributed by atoms with Crippen molar-refractivity contribution >= 4 is 11.2 Å². The van der Waals surface area contributed by atoms with Gasteiger partial charge in [-0.05, 0) is 12.5 Å². The summed E-state index contributed by atoms with van der Waals surface area (Å²) in [6.07, 6.45) is 5.30. The van der Waals surface area contributed by atoms with Crippen LogP contribution in [0.4, 0.5) is 0 Å². The zero-order valence-corrected chi connectivity index (χ0v) is 7.44. The van der Waals surface area contributed by atoms with E-state index in [1.54, 1.807) is 12.4 Å². The Labute approximate surface area is 76.1 Å². The lowest BCUT2D eigenvalue weighted by atomic mass is 10.2. The summed E-state index contributed by atoms with van der Waals surface area (Å²) in [6.45, 7) is 2.11. The van der Waals surface area contributed by atoms with Gasteiger partial charge in [-0.1, -0.05) is 13.3 Å². The molecule has 0 amide bonds. The van der Waals surface area contributed by atoms with Crippen LogP contribution in [0.2, 0.25) is 0 Å². The molecule has 4 heteroatoms. The maximum atomic E-state index is 4.16. The van der Waals surface area contributed by atoms with Gasteiger partial charge in [-0.2, -0.15) is 5.10 Å². The molecular formula is C9H10N4. The van der Waals surface area contributed by atoms with E-state index in [1.807, 2.05) is 6.07 Å². The Balaban J connectivity index is 2.49. The van der Waals surface area contributed by atoms with Gasteiger partial charge in [-0.3, -0.25) is 4.98 Å². The van der Waals surface area contributed by atoms with Crippen molar-refractivity contribution < 1.29 is 0 Å². The molecule has 13 heavy (non-hydrogen) atoms. The Morgan fingerprint density at radius 3 is 2.85 bits per heavy atom. The summed E-state index contributed by atoms with van der Waals surface area (Å²) in [4.78, 5) is 8.21. The summed E-state index contributed by atoms with van der Waals surface area (Å²) in [5, 5.41) is 8.02. The molecular weight excluding hydrogens is 164 g/mol. The van der Waals surface area contributed by atoms with E-state index in [-0.39, 0.29) is 0 Å². The smallest absolute Gasteiger partial charge is 0.200 e. The van der Waals surface area contributed by atoms with Crippen LogP contribution >= 0.6 is 0 Å². The van der Waals surface area contributed by atoms with Gasteiger partial charge in [0.15, 0.2) is 5.65 Å². The predicted molar refractivity (Wildman–Crippen MR) is 49.1 cm³/mol. The summed E-state index contributed by atoms with van der Waals surface area (Å²) in [6, 6.07) is 1.94. The Hall–Kier alpha value is -1.58. The second kappa shape index (κ2) is 3.43. The molecule has 2 aromatic rings. The standard InChI is InChI=1S/C9H10N4/c1-2-3-7-6-8-9(13-12-7)11-5-4-10-8/h4-6H,2-3H2,1H3. The predicted octanol–water partition coefficient (Wildman–Crippen LogP) is 1.37. The number of hydrogen-bond acceptors (Lipinski definition) is 4. The van der Waals surface area contributed by atoms with E-state index in [2.05, 4.69) is 27.1 Å². The highest BCUT2D eigenvalue weighted by molar-refractivity contribution is 5.68. The average Bonchev–Trinajstić information content (AvgIpc) is 2.18. The Morgan fingerprint density at radius 1 is 1.15 bits per heavy atom. The maximum Gasteiger partial charge on any atom is 0.200 e. The lowest BCUT2D eigenvalue weighted by Crippen LogP contribution is -1.95. The molecule has 2 aromatic heterocycles. The average molecular weight is 174 g/mol. The third kappa shape index (κ3) is 1.61. The first kappa shape index (κ1) is 8.04. The van der Waals surface area contributed by atoms with Gasteiger partial charge in [0.1, 0.15) is 5.52 Å². The molecule has 0 fully saturated rings. The Kier molecular flexibility index (Phi) is 2.12. The van der Waals surface area contributed by atoms with Crippen LogP contribution in [0.25, 0.3) is 11.2 Å². The van der Waals surface area contributed by atoms with Crippen molar-refractivity contribution in [3.63, 3.8) is 0 Å². The highest BCUT2D eigenvalue weighted by Crippen LogP contribution is 2.06. The zero-order valence-electron chi connectivity index (χ0n) is 7.44. The summed E-state index contributed by atoms with van der Waals surface area (Å²) in [7, 11) is 0. The molecule has 0 spiro atoms. The fourth-order valence-electron chi connectivity index (χ4n) is 1.20. The van der Waals surface area contributed by atoms with Crippen LogP contribution < -0.4 is 0 Å². The SMILES string of the molecule is CCCc1cc2nccnc2nn1. The quantitative estimate of drug-likeness (QED) is 0.690. The lowest BCUT2D eigenvalue weighted by molar-refractivity contribution is 0.845. The molecule has 0 radical (unpaired) electrons. The molecule has 0 saturated heterocycles. The summed E-state index contributed by atoms with van der Waals surface area (Å²) < 4.78 is 0. The van der Waals surface area contributed by atoms with Gasteiger partial charge >= 0.3 is 0 Å². The normalized spacial score (nSPS) is 10.5. The van der Waals surface area contributed by atoms with Crippen LogP contribution in [0.1, 0.15) is 19.0 Å². The third-order valence-electron chi connectivity index (χ3n) is 1.79. The number of aromatic nitrogens is 4. The number of rotatable bonds is 2. The molecule has 0 saturated carbocycles. The van der Waals surface area contributed by atoms with Gasteiger partial charge < -0.3 is 0 Å². The minimum absolute atomic E-state index is 0.613. The Bertz CT molecular complexity index is 413. The van der Waals surface area contributed by atoms with Crippen molar-refractivity contribution in [2.75, 3.05) is 0 Å². The van der Waals surface area contributed by atoms with E-state index in [0.717, 1.165) is 24.1 Å². The summed E-state index contributed by atoms with van der Waals surface area (Å²) in [5.41, 5.74) is 2.42. The molecule has 2 heterocycles. The molecule has 0 aliphatic rings. The first-order valence-corrected chi connectivity index (χ1v) is 4.33. The molecule has 2 rings (SSSR count). The van der Waals surface area contributed by atoms with Gasteiger partial charge in [-0.15, -0.1) is 5.10 Å². The van der Waals surface area contributed by atoms with E-state index >= 15 is 0 Å². The fourth-order valence-corrected chi connectivity index (χ4v) is 1.20. The third-order valence-corrected chi connectivity index (χ3v) is 1.79. The van der Waals surface area contributed by atoms with Crippen LogP contribution in [-0.2, 0) is 6.42 Å². The van der Waals surface area contributed by atoms with Crippen molar-refractivity contribution in [3.05, 3.63) is 24.2 Å². The van der Waals surface area contributed by atoms with Crippen LogP contribution in [0.5, 0.6) is 0 Å². The van der Waals surface area contributed by atoms with Crippen molar-refractivity contribution in [2.24, 2.45) is 0 Å². The molecule has 0 aliphatic heterocycles. The summed E-state index contributed by atoms with van der Waals surface area (Å²) in [5.74, 6) is 0. The highest BCUT2D eigenvalue weighted by atomic mass is 15.1. The molecule has 0 N–H and O–H groups in total. The molecule has 66 valence electrons. The van der Waals surface area contributed by atoms with E-state index in [1.165, 1.54) is 0 Å².